The molecule has 8 heteroatoms. The van der Waals surface area contributed by atoms with E-state index in [4.69, 9.17) is 0 Å². The van der Waals surface area contributed by atoms with Gasteiger partial charge in [-0.15, -0.1) is 0 Å². The summed E-state index contributed by atoms with van der Waals surface area (Å²) in [6.45, 7) is 3.75. The highest BCUT2D eigenvalue weighted by Gasteiger charge is 2.31. The number of nitrogens with one attached hydrogen (secondary N) is 2. The number of hydrogen-bond donors (Lipinski definition) is 2. The van der Waals surface area contributed by atoms with Crippen LogP contribution in [0.15, 0.2) is 42.5 Å². The number of amides is 2. The van der Waals surface area contributed by atoms with Crippen LogP contribution in [0.4, 0.5) is 18.9 Å². The van der Waals surface area contributed by atoms with Crippen molar-refractivity contribution in [3.8, 4) is 0 Å². The predicted molar refractivity (Wildman–Crippen MR) is 97.4 cm³/mol. The van der Waals surface area contributed by atoms with Gasteiger partial charge in [-0.1, -0.05) is 18.2 Å². The Hall–Kier alpha value is -2.87. The predicted octanol–water partition coefficient (Wildman–Crippen LogP) is 1.47. The van der Waals surface area contributed by atoms with Crippen molar-refractivity contribution < 1.29 is 27.7 Å². The van der Waals surface area contributed by atoms with Gasteiger partial charge in [0, 0.05) is 5.56 Å². The summed E-state index contributed by atoms with van der Waals surface area (Å²) >= 11 is 0. The van der Waals surface area contributed by atoms with Gasteiger partial charge in [-0.25, -0.2) is 13.2 Å². The van der Waals surface area contributed by atoms with Gasteiger partial charge in [-0.05, 0) is 31.2 Å². The second-order valence-corrected chi connectivity index (χ2v) is 6.75. The van der Waals surface area contributed by atoms with E-state index >= 15 is 0 Å². The monoisotopic (exact) mass is 392 g/mol. The van der Waals surface area contributed by atoms with Crippen LogP contribution in [0, 0.1) is 17.5 Å². The fourth-order valence-corrected chi connectivity index (χ4v) is 3.24. The first-order chi connectivity index (χ1) is 13.4. The summed E-state index contributed by atoms with van der Waals surface area (Å²) in [4.78, 5) is 27.5. The molecular formula is C20H21F3N3O2+. The molecule has 2 N–H and O–H groups in total. The molecule has 1 fully saturated rings. The van der Waals surface area contributed by atoms with E-state index in [0.29, 0.717) is 31.7 Å². The summed E-state index contributed by atoms with van der Waals surface area (Å²) in [6, 6.07) is 10.2. The van der Waals surface area contributed by atoms with Crippen molar-refractivity contribution in [2.24, 2.45) is 0 Å². The molecular weight excluding hydrogens is 371 g/mol. The Morgan fingerprint density at radius 3 is 2.29 bits per heavy atom. The number of benzene rings is 2. The standard InChI is InChI=1S/C20H20F3N3O2/c1-13(19(27)24-16-8-7-15(21)17(22)18(16)23)25-9-11-26(12-10-25)20(28)14-5-3-2-4-6-14/h2-8,13H,9-12H2,1H3,(H,24,27)/p+1/t13-/m1/s1. The minimum atomic E-state index is -1.62. The zero-order valence-electron chi connectivity index (χ0n) is 15.3. The molecule has 1 atom stereocenters. The van der Waals surface area contributed by atoms with Crippen molar-refractivity contribution in [1.29, 1.82) is 0 Å². The maximum absolute atomic E-state index is 13.7. The molecule has 0 spiro atoms. The van der Waals surface area contributed by atoms with E-state index in [1.54, 1.807) is 36.1 Å². The lowest BCUT2D eigenvalue weighted by molar-refractivity contribution is -0.917. The molecule has 1 aliphatic rings. The van der Waals surface area contributed by atoms with E-state index in [9.17, 15) is 22.8 Å². The smallest absolute Gasteiger partial charge is 0.282 e. The third kappa shape index (κ3) is 4.17. The molecule has 2 aromatic carbocycles. The van der Waals surface area contributed by atoms with Crippen LogP contribution in [-0.4, -0.2) is 48.9 Å². The molecule has 1 aliphatic heterocycles. The summed E-state index contributed by atoms with van der Waals surface area (Å²) in [5.74, 6) is -4.91. The molecule has 148 valence electrons. The fourth-order valence-electron chi connectivity index (χ4n) is 3.24. The van der Waals surface area contributed by atoms with Crippen LogP contribution in [0.1, 0.15) is 17.3 Å². The van der Waals surface area contributed by atoms with Crippen LogP contribution in [0.5, 0.6) is 0 Å². The molecule has 1 saturated heterocycles. The summed E-state index contributed by atoms with van der Waals surface area (Å²) in [6.07, 6.45) is 0. The largest absolute Gasteiger partial charge is 0.327 e. The topological polar surface area (TPSA) is 53.9 Å². The molecule has 28 heavy (non-hydrogen) atoms. The van der Waals surface area contributed by atoms with Crippen LogP contribution in [0.2, 0.25) is 0 Å². The number of piperazine rings is 1. The van der Waals surface area contributed by atoms with Gasteiger partial charge in [0.25, 0.3) is 11.8 Å². The summed E-state index contributed by atoms with van der Waals surface area (Å²) in [7, 11) is 0. The molecule has 3 rings (SSSR count). The van der Waals surface area contributed by atoms with Crippen LogP contribution >= 0.6 is 0 Å². The molecule has 0 bridgehead atoms. The Morgan fingerprint density at radius 1 is 1.00 bits per heavy atom. The van der Waals surface area contributed by atoms with Crippen LogP contribution in [0.3, 0.4) is 0 Å². The molecule has 0 radical (unpaired) electrons. The van der Waals surface area contributed by atoms with E-state index in [-0.39, 0.29) is 5.91 Å². The van der Waals surface area contributed by atoms with Gasteiger partial charge in [-0.3, -0.25) is 9.59 Å². The van der Waals surface area contributed by atoms with E-state index in [0.717, 1.165) is 17.0 Å². The number of rotatable bonds is 4. The summed E-state index contributed by atoms with van der Waals surface area (Å²) in [5.41, 5.74) is 0.221. The van der Waals surface area contributed by atoms with Gasteiger partial charge in [0.1, 0.15) is 0 Å². The lowest BCUT2D eigenvalue weighted by Crippen LogP contribution is -3.19. The van der Waals surface area contributed by atoms with Gasteiger partial charge >= 0.3 is 0 Å². The SMILES string of the molecule is C[C@H](C(=O)Nc1ccc(F)c(F)c1F)[NH+]1CCN(C(=O)c2ccccc2)CC1. The normalized spacial score (nSPS) is 15.9. The van der Waals surface area contributed by atoms with Crippen molar-refractivity contribution in [1.82, 2.24) is 4.90 Å². The highest BCUT2D eigenvalue weighted by Crippen LogP contribution is 2.19. The second-order valence-electron chi connectivity index (χ2n) is 6.75. The number of carbonyl (C=O) groups excluding carboxylic acids is 2. The van der Waals surface area contributed by atoms with Gasteiger partial charge < -0.3 is 15.1 Å². The van der Waals surface area contributed by atoms with Gasteiger partial charge in [0.15, 0.2) is 23.5 Å². The van der Waals surface area contributed by atoms with Crippen LogP contribution in [-0.2, 0) is 4.79 Å². The Labute approximate surface area is 160 Å². The Bertz CT molecular complexity index is 868. The first kappa shape index (κ1) is 19.9. The Balaban J connectivity index is 1.57. The minimum Gasteiger partial charge on any atom is -0.327 e. The van der Waals surface area contributed by atoms with Crippen LogP contribution < -0.4 is 10.2 Å². The van der Waals surface area contributed by atoms with E-state index in [2.05, 4.69) is 5.32 Å². The average molecular weight is 392 g/mol. The van der Waals surface area contributed by atoms with E-state index in [1.165, 1.54) is 0 Å². The average Bonchev–Trinajstić information content (AvgIpc) is 2.73. The molecule has 5 nitrogen and oxygen atoms in total. The first-order valence-corrected chi connectivity index (χ1v) is 9.01. The number of quaternary nitrogens is 1. The number of carbonyl (C=O) groups is 2. The summed E-state index contributed by atoms with van der Waals surface area (Å²) < 4.78 is 40.1. The number of hydrogen-bond acceptors (Lipinski definition) is 2. The Morgan fingerprint density at radius 2 is 1.64 bits per heavy atom. The third-order valence-corrected chi connectivity index (χ3v) is 5.01. The number of halogens is 3. The highest BCUT2D eigenvalue weighted by molar-refractivity contribution is 5.94. The highest BCUT2D eigenvalue weighted by atomic mass is 19.2. The zero-order valence-corrected chi connectivity index (χ0v) is 15.3. The quantitative estimate of drug-likeness (QED) is 0.775. The first-order valence-electron chi connectivity index (χ1n) is 9.01. The van der Waals surface area contributed by atoms with Gasteiger partial charge in [0.05, 0.1) is 31.9 Å². The lowest BCUT2D eigenvalue weighted by atomic mass is 10.1. The zero-order chi connectivity index (χ0) is 20.3. The lowest BCUT2D eigenvalue weighted by Gasteiger charge is -2.34. The van der Waals surface area contributed by atoms with Crippen molar-refractivity contribution in [2.45, 2.75) is 13.0 Å². The van der Waals surface area contributed by atoms with Gasteiger partial charge in [-0.2, -0.15) is 0 Å². The maximum Gasteiger partial charge on any atom is 0.282 e. The number of anilines is 1. The molecule has 0 aromatic heterocycles. The van der Waals surface area contributed by atoms with Crippen molar-refractivity contribution >= 4 is 17.5 Å². The van der Waals surface area contributed by atoms with E-state index < -0.39 is 35.1 Å². The molecule has 1 heterocycles. The molecule has 2 aromatic rings. The van der Waals surface area contributed by atoms with Crippen LogP contribution in [0.25, 0.3) is 0 Å². The molecule has 0 aliphatic carbocycles. The minimum absolute atomic E-state index is 0.0550. The summed E-state index contributed by atoms with van der Waals surface area (Å²) in [5, 5.41) is 2.31. The van der Waals surface area contributed by atoms with Gasteiger partial charge in [0.2, 0.25) is 0 Å². The molecule has 0 unspecified atom stereocenters. The molecule has 2 amide bonds. The van der Waals surface area contributed by atoms with E-state index in [1.807, 2.05) is 6.07 Å². The maximum atomic E-state index is 13.7. The Kier molecular flexibility index (Phi) is 5.99. The number of nitrogens with zero attached hydrogens (tertiary/aromatic N) is 1. The van der Waals surface area contributed by atoms with Crippen molar-refractivity contribution in [2.75, 3.05) is 31.5 Å². The van der Waals surface area contributed by atoms with Crippen molar-refractivity contribution in [3.05, 3.63) is 65.5 Å². The van der Waals surface area contributed by atoms with Crippen molar-refractivity contribution in [3.63, 3.8) is 0 Å². The third-order valence-electron chi connectivity index (χ3n) is 5.01. The fraction of sp³-hybridized carbons (Fsp3) is 0.300. The second kappa shape index (κ2) is 8.43. The molecule has 0 saturated carbocycles.